The van der Waals surface area contributed by atoms with Crippen molar-refractivity contribution in [1.29, 1.82) is 0 Å². The van der Waals surface area contributed by atoms with Crippen LogP contribution in [0, 0.1) is 5.92 Å². The van der Waals surface area contributed by atoms with E-state index in [1.54, 1.807) is 30.3 Å². The number of thioether (sulfide) groups is 1. The Morgan fingerprint density at radius 3 is 2.45 bits per heavy atom. The maximum absolute atomic E-state index is 13.8. The summed E-state index contributed by atoms with van der Waals surface area (Å²) < 4.78 is 1.56. The maximum Gasteiger partial charge on any atom is 0.287 e. The number of nitrogens with one attached hydrogen (secondary N) is 1. The van der Waals surface area contributed by atoms with Gasteiger partial charge in [0, 0.05) is 13.0 Å². The van der Waals surface area contributed by atoms with Crippen LogP contribution in [0.15, 0.2) is 6.20 Å². The molecule has 4 rings (SSSR count). The molecule has 1 saturated carbocycles. The van der Waals surface area contributed by atoms with Crippen LogP contribution in [0.25, 0.3) is 0 Å². The van der Waals surface area contributed by atoms with E-state index in [-0.39, 0.29) is 44.1 Å². The molecule has 1 aromatic heterocycles. The molecule has 0 spiro atoms. The summed E-state index contributed by atoms with van der Waals surface area (Å²) in [6.45, 7) is 3.38. The van der Waals surface area contributed by atoms with Gasteiger partial charge in [-0.3, -0.25) is 19.2 Å². The lowest BCUT2D eigenvalue weighted by atomic mass is 9.84. The molecule has 0 bridgehead atoms. The first-order valence-corrected chi connectivity index (χ1v) is 15.0. The number of nitrogens with two attached hydrogens (primary N) is 2. The van der Waals surface area contributed by atoms with E-state index in [0.29, 0.717) is 29.5 Å². The zero-order chi connectivity index (χ0) is 28.4. The lowest BCUT2D eigenvalue weighted by Gasteiger charge is -2.37. The highest BCUT2D eigenvalue weighted by molar-refractivity contribution is 7.99. The van der Waals surface area contributed by atoms with Gasteiger partial charge in [0.2, 0.25) is 17.6 Å². The second-order valence-corrected chi connectivity index (χ2v) is 13.0. The predicted octanol–water partition coefficient (Wildman–Crippen LogP) is 0.803. The van der Waals surface area contributed by atoms with E-state index < -0.39 is 46.9 Å². The third-order valence-electron chi connectivity index (χ3n) is 8.41. The van der Waals surface area contributed by atoms with Gasteiger partial charge in [0.1, 0.15) is 17.2 Å². The van der Waals surface area contributed by atoms with Crippen LogP contribution in [-0.4, -0.2) is 84.2 Å². The number of nitrogens with zero attached hydrogens (tertiary/aromatic N) is 4. The fourth-order valence-corrected chi connectivity index (χ4v) is 7.40. The highest BCUT2D eigenvalue weighted by Crippen LogP contribution is 2.34. The Morgan fingerprint density at radius 2 is 1.85 bits per heavy atom. The van der Waals surface area contributed by atoms with Crippen LogP contribution in [0.1, 0.15) is 83.4 Å². The number of hydrogen-bond donors (Lipinski definition) is 4. The number of Topliss-reactive ketones (excluding diaryl/α,β-unsaturated/α-hetero) is 1. The zero-order valence-electron chi connectivity index (χ0n) is 23.2. The number of amides is 3. The van der Waals surface area contributed by atoms with Gasteiger partial charge in [0.15, 0.2) is 0 Å². The monoisotopic (exact) mass is 599 g/mol. The molecule has 3 heterocycles. The Bertz CT molecular complexity index is 1080. The van der Waals surface area contributed by atoms with Crippen LogP contribution >= 0.6 is 24.2 Å². The average Bonchev–Trinajstić information content (AvgIpc) is 3.56. The van der Waals surface area contributed by atoms with Gasteiger partial charge in [0.05, 0.1) is 24.0 Å². The molecule has 1 unspecified atom stereocenters. The second kappa shape index (κ2) is 13.2. The first-order chi connectivity index (χ1) is 18.4. The Kier molecular flexibility index (Phi) is 10.6. The van der Waals surface area contributed by atoms with Crippen molar-refractivity contribution in [3.8, 4) is 0 Å². The average molecular weight is 600 g/mol. The van der Waals surface area contributed by atoms with Gasteiger partial charge in [0.25, 0.3) is 5.91 Å². The molecule has 1 aromatic rings. The smallest absolute Gasteiger partial charge is 0.287 e. The summed E-state index contributed by atoms with van der Waals surface area (Å²) in [6, 6.07) is -2.15. The molecule has 40 heavy (non-hydrogen) atoms. The normalized spacial score (nSPS) is 24.1. The number of halogens is 1. The number of likely N-dealkylation sites (tertiary alicyclic amines) is 1. The van der Waals surface area contributed by atoms with Crippen LogP contribution in [0.4, 0.5) is 0 Å². The molecule has 3 amide bonds. The van der Waals surface area contributed by atoms with E-state index in [4.69, 9.17) is 11.5 Å². The number of rotatable bonds is 9. The van der Waals surface area contributed by atoms with Crippen LogP contribution < -0.4 is 16.8 Å². The minimum atomic E-state index is -1.39. The predicted molar refractivity (Wildman–Crippen MR) is 152 cm³/mol. The zero-order valence-corrected chi connectivity index (χ0v) is 24.8. The fraction of sp³-hybridized carbons (Fsp3) is 0.769. The lowest BCUT2D eigenvalue weighted by Crippen LogP contribution is -2.63. The van der Waals surface area contributed by atoms with Gasteiger partial charge in [-0.1, -0.05) is 37.3 Å². The van der Waals surface area contributed by atoms with E-state index in [2.05, 4.69) is 15.6 Å². The second-order valence-electron chi connectivity index (χ2n) is 11.7. The van der Waals surface area contributed by atoms with Crippen molar-refractivity contribution < 1.29 is 24.3 Å². The summed E-state index contributed by atoms with van der Waals surface area (Å²) in [5.74, 6) is -1.21. The molecule has 2 aliphatic heterocycles. The number of hydrogen-bond acceptors (Lipinski definition) is 9. The summed E-state index contributed by atoms with van der Waals surface area (Å²) >= 11 is 1.64. The number of aromatic nitrogens is 3. The number of primary amides is 1. The van der Waals surface area contributed by atoms with E-state index in [1.165, 1.54) is 17.5 Å². The van der Waals surface area contributed by atoms with Gasteiger partial charge in [-0.05, 0) is 50.5 Å². The summed E-state index contributed by atoms with van der Waals surface area (Å²) in [5.41, 5.74) is 9.62. The summed E-state index contributed by atoms with van der Waals surface area (Å²) in [4.78, 5) is 53.8. The number of aliphatic hydroxyl groups is 1. The van der Waals surface area contributed by atoms with Gasteiger partial charge in [-0.15, -0.1) is 17.5 Å². The maximum atomic E-state index is 13.8. The van der Waals surface area contributed by atoms with Crippen molar-refractivity contribution in [2.24, 2.45) is 17.4 Å². The van der Waals surface area contributed by atoms with E-state index in [0.717, 1.165) is 25.7 Å². The van der Waals surface area contributed by atoms with Crippen molar-refractivity contribution in [2.75, 3.05) is 18.1 Å². The molecule has 224 valence electrons. The van der Waals surface area contributed by atoms with Crippen LogP contribution in [-0.2, 0) is 24.8 Å². The Morgan fingerprint density at radius 1 is 1.20 bits per heavy atom. The molecule has 3 fully saturated rings. The molecule has 0 radical (unpaired) electrons. The lowest BCUT2D eigenvalue weighted by molar-refractivity contribution is -0.144. The number of carbonyl (C=O) groups is 4. The van der Waals surface area contributed by atoms with Crippen molar-refractivity contribution in [3.63, 3.8) is 0 Å². The standard InChI is InChI=1S/C26H41N7O5S.ClH/c1-25(2,38)20-14-29-31-33(20)17-13-19(23(36)30-26(21(34)22(28)35)8-10-39-11-9-26)32(15-17)24(37)18(27)12-16-6-4-3-5-7-16;/h14,16-19,38H,3-13,15,27H2,1-2H3,(H2,28,35)(H,30,36);1H/t17-,18?,19-;/m0./s1. The summed E-state index contributed by atoms with van der Waals surface area (Å²) in [5, 5.41) is 21.6. The number of ketones is 1. The molecule has 12 nitrogen and oxygen atoms in total. The fourth-order valence-electron chi connectivity index (χ4n) is 6.21. The Balaban J connectivity index is 0.00000441. The van der Waals surface area contributed by atoms with E-state index in [9.17, 15) is 24.3 Å². The number of carbonyl (C=O) groups excluding carboxylic acids is 4. The molecular weight excluding hydrogens is 558 g/mol. The van der Waals surface area contributed by atoms with Crippen LogP contribution in [0.2, 0.25) is 0 Å². The molecule has 14 heteroatoms. The van der Waals surface area contributed by atoms with Crippen LogP contribution in [0.5, 0.6) is 0 Å². The van der Waals surface area contributed by atoms with Gasteiger partial charge < -0.3 is 26.8 Å². The third-order valence-corrected chi connectivity index (χ3v) is 9.39. The Hall–Kier alpha value is -2.22. The molecule has 2 saturated heterocycles. The van der Waals surface area contributed by atoms with Crippen molar-refractivity contribution in [3.05, 3.63) is 11.9 Å². The van der Waals surface area contributed by atoms with E-state index >= 15 is 0 Å². The van der Waals surface area contributed by atoms with Gasteiger partial charge >= 0.3 is 0 Å². The highest BCUT2D eigenvalue weighted by atomic mass is 35.5. The van der Waals surface area contributed by atoms with E-state index in [1.807, 2.05) is 0 Å². The first kappa shape index (κ1) is 32.3. The molecule has 3 aliphatic rings. The molecule has 6 N–H and O–H groups in total. The summed E-state index contributed by atoms with van der Waals surface area (Å²) in [6.07, 6.45) is 8.30. The highest BCUT2D eigenvalue weighted by Gasteiger charge is 2.48. The topological polar surface area (TPSA) is 187 Å². The molecule has 0 aromatic carbocycles. The van der Waals surface area contributed by atoms with Crippen LogP contribution in [0.3, 0.4) is 0 Å². The quantitative estimate of drug-likeness (QED) is 0.298. The molecule has 3 atom stereocenters. The summed E-state index contributed by atoms with van der Waals surface area (Å²) in [7, 11) is 0. The Labute approximate surface area is 245 Å². The van der Waals surface area contributed by atoms with Gasteiger partial charge in [-0.2, -0.15) is 11.8 Å². The third kappa shape index (κ3) is 6.97. The van der Waals surface area contributed by atoms with Gasteiger partial charge in [-0.25, -0.2) is 4.68 Å². The van der Waals surface area contributed by atoms with Crippen molar-refractivity contribution in [2.45, 2.75) is 101 Å². The largest absolute Gasteiger partial charge is 0.384 e. The minimum absolute atomic E-state index is 0. The molecular formula is C26H42ClN7O5S. The van der Waals surface area contributed by atoms with Crippen molar-refractivity contribution in [1.82, 2.24) is 25.2 Å². The molecule has 1 aliphatic carbocycles. The minimum Gasteiger partial charge on any atom is -0.384 e. The SMILES string of the molecule is CC(C)(O)c1cnnn1[C@H]1C[C@@H](C(=O)NC2(C(=O)C(N)=O)CCSCC2)N(C(=O)C(N)CC2CCCCC2)C1.Cl. The van der Waals surface area contributed by atoms with Crippen molar-refractivity contribution >= 4 is 47.7 Å². The first-order valence-electron chi connectivity index (χ1n) is 13.9.